The van der Waals surface area contributed by atoms with Crippen molar-refractivity contribution < 1.29 is 27.9 Å². The van der Waals surface area contributed by atoms with Crippen LogP contribution in [-0.2, 0) is 11.2 Å². The van der Waals surface area contributed by atoms with Gasteiger partial charge in [-0.3, -0.25) is 14.4 Å². The molecule has 5 aromatic rings. The van der Waals surface area contributed by atoms with Crippen molar-refractivity contribution in [3.63, 3.8) is 0 Å². The molecule has 3 aliphatic rings. The van der Waals surface area contributed by atoms with Crippen LogP contribution in [0, 0.1) is 17.0 Å². The molecule has 0 radical (unpaired) electrons. The number of pyridine rings is 1. The van der Waals surface area contributed by atoms with Gasteiger partial charge >= 0.3 is 0 Å². The minimum absolute atomic E-state index is 0.0568. The van der Waals surface area contributed by atoms with E-state index in [-0.39, 0.29) is 28.8 Å². The first kappa shape index (κ1) is 32.7. The molecule has 0 atom stereocenters. The van der Waals surface area contributed by atoms with Crippen LogP contribution in [0.5, 0.6) is 0 Å². The van der Waals surface area contributed by atoms with Crippen LogP contribution < -0.4 is 20.4 Å². The highest BCUT2D eigenvalue weighted by Crippen LogP contribution is 2.43. The lowest BCUT2D eigenvalue weighted by molar-refractivity contribution is -0.000510. The van der Waals surface area contributed by atoms with Gasteiger partial charge in [0.1, 0.15) is 23.1 Å². The zero-order chi connectivity index (χ0) is 35.1. The van der Waals surface area contributed by atoms with E-state index in [0.717, 1.165) is 62.6 Å². The molecule has 3 aliphatic heterocycles. The first-order valence-corrected chi connectivity index (χ1v) is 17.5. The average Bonchev–Trinajstić information content (AvgIpc) is 3.50. The number of amides is 3. The van der Waals surface area contributed by atoms with Gasteiger partial charge in [0, 0.05) is 67.7 Å². The van der Waals surface area contributed by atoms with Crippen LogP contribution in [0.15, 0.2) is 85.1 Å². The highest BCUT2D eigenvalue weighted by molar-refractivity contribution is 7.17. The summed E-state index contributed by atoms with van der Waals surface area (Å²) in [6.45, 7) is 3.51. The molecular weight excluding hydrogens is 675 g/mol. The zero-order valence-electron chi connectivity index (χ0n) is 27.3. The maximum Gasteiger partial charge on any atom is 0.284 e. The SMILES string of the molecule is O=C(Nc1c(F)cccc1F)c1nc2c(s1)-c1ccccc1N(C(=O)c1ccc(NC(=O)c3cccnc3N3CC4(CCOCC4)C3)cc1)CC2. The number of thiazole rings is 1. The van der Waals surface area contributed by atoms with Gasteiger partial charge in [-0.1, -0.05) is 24.3 Å². The molecule has 10 nitrogen and oxygen atoms in total. The van der Waals surface area contributed by atoms with Gasteiger partial charge in [0.05, 0.1) is 21.8 Å². The fourth-order valence-electron chi connectivity index (χ4n) is 6.97. The molecule has 2 aromatic heterocycles. The third kappa shape index (κ3) is 6.23. The van der Waals surface area contributed by atoms with Gasteiger partial charge in [0.2, 0.25) is 0 Å². The second-order valence-electron chi connectivity index (χ2n) is 12.9. The van der Waals surface area contributed by atoms with Crippen molar-refractivity contribution in [2.24, 2.45) is 5.41 Å². The lowest BCUT2D eigenvalue weighted by Gasteiger charge is -2.53. The summed E-state index contributed by atoms with van der Waals surface area (Å²) in [7, 11) is 0. The minimum atomic E-state index is -0.884. The largest absolute Gasteiger partial charge is 0.381 e. The Labute approximate surface area is 296 Å². The van der Waals surface area contributed by atoms with Gasteiger partial charge in [0.25, 0.3) is 17.7 Å². The number of halogens is 2. The van der Waals surface area contributed by atoms with Crippen LogP contribution in [0.3, 0.4) is 0 Å². The molecule has 2 N–H and O–H groups in total. The standard InChI is InChI=1S/C38H32F2N6O4S/c39-27-7-3-8-28(40)31(27)44-35(48)36-43-29-14-18-46(30-9-2-1-5-25(30)32(29)51-36)37(49)23-10-12-24(13-11-23)42-34(47)26-6-4-17-41-33(26)45-21-38(22-45)15-19-50-20-16-38/h1-13,17H,14-16,18-22H2,(H,42,47)(H,44,48). The molecule has 0 saturated carbocycles. The van der Waals surface area contributed by atoms with Crippen LogP contribution in [0.1, 0.15) is 49.1 Å². The van der Waals surface area contributed by atoms with E-state index in [4.69, 9.17) is 4.74 Å². The summed E-state index contributed by atoms with van der Waals surface area (Å²) in [6.07, 6.45) is 4.07. The molecule has 51 heavy (non-hydrogen) atoms. The van der Waals surface area contributed by atoms with Crippen molar-refractivity contribution in [3.05, 3.63) is 119 Å². The molecule has 3 amide bonds. The Morgan fingerprint density at radius 2 is 1.59 bits per heavy atom. The van der Waals surface area contributed by atoms with Crippen molar-refractivity contribution in [3.8, 4) is 10.4 Å². The Hall–Kier alpha value is -5.53. The fourth-order valence-corrected chi connectivity index (χ4v) is 8.01. The molecule has 2 fully saturated rings. The number of ether oxygens (including phenoxy) is 1. The molecule has 13 heteroatoms. The summed E-state index contributed by atoms with van der Waals surface area (Å²) in [5.74, 6) is -2.35. The van der Waals surface area contributed by atoms with E-state index in [1.807, 2.05) is 24.3 Å². The average molecular weight is 707 g/mol. The van der Waals surface area contributed by atoms with Crippen LogP contribution in [0.2, 0.25) is 0 Å². The first-order valence-electron chi connectivity index (χ1n) is 16.6. The third-order valence-electron chi connectivity index (χ3n) is 9.68. The fraction of sp³-hybridized carbons (Fsp3) is 0.237. The number of hydrogen-bond acceptors (Lipinski definition) is 8. The number of anilines is 4. The van der Waals surface area contributed by atoms with Gasteiger partial charge in [-0.2, -0.15) is 0 Å². The lowest BCUT2D eigenvalue weighted by atomic mass is 9.73. The van der Waals surface area contributed by atoms with Crippen molar-refractivity contribution >= 4 is 51.9 Å². The van der Waals surface area contributed by atoms with E-state index in [1.165, 1.54) is 6.07 Å². The Bertz CT molecular complexity index is 2140. The lowest BCUT2D eigenvalue weighted by Crippen LogP contribution is -2.59. The van der Waals surface area contributed by atoms with Crippen molar-refractivity contribution in [2.45, 2.75) is 19.3 Å². The van der Waals surface area contributed by atoms with E-state index in [1.54, 1.807) is 47.5 Å². The molecule has 1 spiro atoms. The molecule has 3 aromatic carbocycles. The van der Waals surface area contributed by atoms with Gasteiger partial charge in [-0.05, 0) is 67.4 Å². The van der Waals surface area contributed by atoms with Crippen LogP contribution >= 0.6 is 11.3 Å². The maximum absolute atomic E-state index is 14.2. The number of carbonyl (C=O) groups excluding carboxylic acids is 3. The number of benzene rings is 3. The summed E-state index contributed by atoms with van der Waals surface area (Å²) in [4.78, 5) is 53.9. The van der Waals surface area contributed by atoms with E-state index in [2.05, 4.69) is 25.5 Å². The molecule has 258 valence electrons. The number of carbonyl (C=O) groups is 3. The number of nitrogens with one attached hydrogen (secondary N) is 2. The van der Waals surface area contributed by atoms with E-state index in [0.29, 0.717) is 50.9 Å². The van der Waals surface area contributed by atoms with E-state index < -0.39 is 23.2 Å². The predicted molar refractivity (Wildman–Crippen MR) is 191 cm³/mol. The molecule has 2 saturated heterocycles. The normalized spacial score (nSPS) is 16.0. The Kier molecular flexibility index (Phi) is 8.52. The second kappa shape index (κ2) is 13.3. The second-order valence-corrected chi connectivity index (χ2v) is 13.9. The summed E-state index contributed by atoms with van der Waals surface area (Å²) < 4.78 is 33.9. The Balaban J connectivity index is 0.968. The Morgan fingerprint density at radius 1 is 0.843 bits per heavy atom. The van der Waals surface area contributed by atoms with E-state index >= 15 is 0 Å². The quantitative estimate of drug-likeness (QED) is 0.199. The number of fused-ring (bicyclic) bond motifs is 3. The van der Waals surface area contributed by atoms with E-state index in [9.17, 15) is 23.2 Å². The third-order valence-corrected chi connectivity index (χ3v) is 10.8. The maximum atomic E-state index is 14.2. The van der Waals surface area contributed by atoms with Crippen molar-refractivity contribution in [1.29, 1.82) is 0 Å². The monoisotopic (exact) mass is 706 g/mol. The van der Waals surface area contributed by atoms with Gasteiger partial charge in [-0.15, -0.1) is 11.3 Å². The topological polar surface area (TPSA) is 117 Å². The van der Waals surface area contributed by atoms with Crippen LogP contribution in [-0.4, -0.2) is 60.5 Å². The Morgan fingerprint density at radius 3 is 2.35 bits per heavy atom. The molecule has 0 bridgehead atoms. The molecule has 0 aliphatic carbocycles. The van der Waals surface area contributed by atoms with Crippen LogP contribution in [0.4, 0.5) is 31.7 Å². The summed E-state index contributed by atoms with van der Waals surface area (Å²) in [5, 5.41) is 5.31. The smallest absolute Gasteiger partial charge is 0.284 e. The summed E-state index contributed by atoms with van der Waals surface area (Å²) in [6, 6.07) is 21.0. The highest BCUT2D eigenvalue weighted by atomic mass is 32.1. The number of para-hydroxylation sites is 2. The first-order chi connectivity index (χ1) is 24.8. The zero-order valence-corrected chi connectivity index (χ0v) is 28.1. The molecule has 0 unspecified atom stereocenters. The minimum Gasteiger partial charge on any atom is -0.381 e. The van der Waals surface area contributed by atoms with Crippen molar-refractivity contribution in [2.75, 3.05) is 53.3 Å². The number of nitrogens with zero attached hydrogens (tertiary/aromatic N) is 4. The van der Waals surface area contributed by atoms with Gasteiger partial charge in [-0.25, -0.2) is 18.7 Å². The summed E-state index contributed by atoms with van der Waals surface area (Å²) >= 11 is 1.10. The van der Waals surface area contributed by atoms with Gasteiger partial charge < -0.3 is 25.2 Å². The highest BCUT2D eigenvalue weighted by Gasteiger charge is 2.45. The molecule has 5 heterocycles. The molecular formula is C38H32F2N6O4S. The van der Waals surface area contributed by atoms with Crippen LogP contribution in [0.25, 0.3) is 10.4 Å². The number of rotatable bonds is 6. The van der Waals surface area contributed by atoms with Crippen molar-refractivity contribution in [1.82, 2.24) is 9.97 Å². The molecule has 8 rings (SSSR count). The number of aromatic nitrogens is 2. The van der Waals surface area contributed by atoms with Gasteiger partial charge in [0.15, 0.2) is 5.01 Å². The number of hydrogen-bond donors (Lipinski definition) is 2. The summed E-state index contributed by atoms with van der Waals surface area (Å²) in [5.41, 5.74) is 3.12. The predicted octanol–water partition coefficient (Wildman–Crippen LogP) is 6.81.